The van der Waals surface area contributed by atoms with Crippen molar-refractivity contribution in [2.75, 3.05) is 0 Å². The second-order valence-corrected chi connectivity index (χ2v) is 2.02. The first kappa shape index (κ1) is 7.27. The third-order valence-corrected chi connectivity index (χ3v) is 1.20. The van der Waals surface area contributed by atoms with Crippen molar-refractivity contribution in [3.05, 3.63) is 28.3 Å². The summed E-state index contributed by atoms with van der Waals surface area (Å²) in [6.45, 7) is 0. The van der Waals surface area contributed by atoms with Gasteiger partial charge in [0.2, 0.25) is 5.95 Å². The highest BCUT2D eigenvalue weighted by molar-refractivity contribution is 7.71. The number of halogens is 3. The molecule has 1 rings (SSSR count). The van der Waals surface area contributed by atoms with E-state index >= 15 is 0 Å². The van der Waals surface area contributed by atoms with Crippen LogP contribution in [0.3, 0.4) is 0 Å². The van der Waals surface area contributed by atoms with Crippen LogP contribution in [0.25, 0.3) is 0 Å². The number of nitrogens with one attached hydrogen (secondary N) is 1. The molecular formula is C5H2F3NS. The standard InChI is InChI=1S/C5H2F3NS/c6-2-1-3(7)5(10)9-4(2)8/h1H,(H,9,10). The van der Waals surface area contributed by atoms with Gasteiger partial charge in [0.25, 0.3) is 0 Å². The van der Waals surface area contributed by atoms with E-state index in [0.717, 1.165) is 0 Å². The van der Waals surface area contributed by atoms with Gasteiger partial charge in [0.15, 0.2) is 11.6 Å². The summed E-state index contributed by atoms with van der Waals surface area (Å²) in [6, 6.07) is 0.397. The van der Waals surface area contributed by atoms with E-state index in [0.29, 0.717) is 6.07 Å². The highest BCUT2D eigenvalue weighted by Gasteiger charge is 2.03. The zero-order chi connectivity index (χ0) is 7.72. The fourth-order valence-electron chi connectivity index (χ4n) is 0.459. The third kappa shape index (κ3) is 1.18. The Bertz CT molecular complexity index is 306. The molecule has 0 radical (unpaired) electrons. The molecule has 0 aliphatic heterocycles. The third-order valence-electron chi connectivity index (χ3n) is 0.903. The molecule has 1 heterocycles. The minimum Gasteiger partial charge on any atom is -0.318 e. The Morgan fingerprint density at radius 2 is 1.80 bits per heavy atom. The van der Waals surface area contributed by atoms with Gasteiger partial charge in [-0.15, -0.1) is 0 Å². The largest absolute Gasteiger partial charge is 0.318 e. The molecule has 0 atom stereocenters. The first-order valence-corrected chi connectivity index (χ1v) is 2.76. The van der Waals surface area contributed by atoms with Crippen molar-refractivity contribution in [2.24, 2.45) is 0 Å². The van der Waals surface area contributed by atoms with Gasteiger partial charge in [-0.25, -0.2) is 8.78 Å². The smallest absolute Gasteiger partial charge is 0.228 e. The lowest BCUT2D eigenvalue weighted by Crippen LogP contribution is -1.92. The Hall–Kier alpha value is -0.840. The predicted octanol–water partition coefficient (Wildman–Crippen LogP) is 2.16. The van der Waals surface area contributed by atoms with Gasteiger partial charge < -0.3 is 4.98 Å². The molecule has 1 nitrogen and oxygen atoms in total. The average molecular weight is 165 g/mol. The van der Waals surface area contributed by atoms with Crippen LogP contribution in [0, 0.1) is 22.2 Å². The van der Waals surface area contributed by atoms with Gasteiger partial charge in [-0.2, -0.15) is 4.39 Å². The summed E-state index contributed by atoms with van der Waals surface area (Å²) in [6.07, 6.45) is 0. The van der Waals surface area contributed by atoms with Crippen molar-refractivity contribution in [1.29, 1.82) is 0 Å². The summed E-state index contributed by atoms with van der Waals surface area (Å²) >= 11 is 4.26. The SMILES string of the molecule is Fc1cc(F)c(=S)[nH]c1F. The zero-order valence-electron chi connectivity index (χ0n) is 4.62. The quantitative estimate of drug-likeness (QED) is 0.460. The van der Waals surface area contributed by atoms with Crippen LogP contribution in [-0.2, 0) is 0 Å². The van der Waals surface area contributed by atoms with E-state index in [4.69, 9.17) is 0 Å². The average Bonchev–Trinajstić information content (AvgIpc) is 1.84. The molecule has 10 heavy (non-hydrogen) atoms. The van der Waals surface area contributed by atoms with Crippen LogP contribution >= 0.6 is 12.2 Å². The number of aromatic nitrogens is 1. The maximum atomic E-state index is 12.2. The van der Waals surface area contributed by atoms with Crippen molar-refractivity contribution >= 4 is 12.2 Å². The molecule has 0 spiro atoms. The monoisotopic (exact) mass is 165 g/mol. The minimum absolute atomic E-state index is 0.397. The highest BCUT2D eigenvalue weighted by atomic mass is 32.1. The van der Waals surface area contributed by atoms with Crippen LogP contribution < -0.4 is 0 Å². The molecular weight excluding hydrogens is 163 g/mol. The van der Waals surface area contributed by atoms with E-state index in [9.17, 15) is 13.2 Å². The number of hydrogen-bond donors (Lipinski definition) is 1. The van der Waals surface area contributed by atoms with Gasteiger partial charge in [0, 0.05) is 6.07 Å². The molecule has 0 aliphatic carbocycles. The number of rotatable bonds is 0. The molecule has 0 unspecified atom stereocenters. The fraction of sp³-hybridized carbons (Fsp3) is 0. The van der Waals surface area contributed by atoms with Gasteiger partial charge in [-0.1, -0.05) is 12.2 Å². The molecule has 1 aromatic heterocycles. The molecule has 0 fully saturated rings. The second kappa shape index (κ2) is 2.42. The topological polar surface area (TPSA) is 15.8 Å². The summed E-state index contributed by atoms with van der Waals surface area (Å²) in [5, 5.41) is 0. The fourth-order valence-corrected chi connectivity index (χ4v) is 0.608. The lowest BCUT2D eigenvalue weighted by molar-refractivity contribution is 0.462. The molecule has 1 aromatic rings. The van der Waals surface area contributed by atoms with Crippen molar-refractivity contribution in [3.63, 3.8) is 0 Å². The van der Waals surface area contributed by atoms with Crippen LogP contribution in [-0.4, -0.2) is 4.98 Å². The number of H-pyrrole nitrogens is 1. The van der Waals surface area contributed by atoms with Crippen LogP contribution in [0.5, 0.6) is 0 Å². The van der Waals surface area contributed by atoms with Crippen molar-refractivity contribution in [3.8, 4) is 0 Å². The molecule has 54 valence electrons. The summed E-state index contributed by atoms with van der Waals surface area (Å²) in [4.78, 5) is 1.70. The van der Waals surface area contributed by atoms with Gasteiger partial charge in [-0.3, -0.25) is 0 Å². The molecule has 1 N–H and O–H groups in total. The minimum atomic E-state index is -1.27. The van der Waals surface area contributed by atoms with Crippen LogP contribution in [0.2, 0.25) is 0 Å². The Labute approximate surface area is 59.5 Å². The van der Waals surface area contributed by atoms with Gasteiger partial charge in [0.1, 0.15) is 4.64 Å². The van der Waals surface area contributed by atoms with Gasteiger partial charge >= 0.3 is 0 Å². The number of hydrogen-bond acceptors (Lipinski definition) is 1. The van der Waals surface area contributed by atoms with E-state index in [1.807, 2.05) is 0 Å². The van der Waals surface area contributed by atoms with Crippen LogP contribution in [0.1, 0.15) is 0 Å². The molecule has 0 aliphatic rings. The summed E-state index contributed by atoms with van der Waals surface area (Å²) < 4.78 is 35.9. The zero-order valence-corrected chi connectivity index (χ0v) is 5.44. The number of aromatic amines is 1. The first-order valence-electron chi connectivity index (χ1n) is 2.35. The summed E-state index contributed by atoms with van der Waals surface area (Å²) in [5.41, 5.74) is 0. The lowest BCUT2D eigenvalue weighted by Gasteiger charge is -1.91. The second-order valence-electron chi connectivity index (χ2n) is 1.61. The maximum absolute atomic E-state index is 12.2. The Balaban J connectivity index is 3.43. The lowest BCUT2D eigenvalue weighted by atomic mass is 10.4. The van der Waals surface area contributed by atoms with Crippen molar-refractivity contribution < 1.29 is 13.2 Å². The van der Waals surface area contributed by atoms with E-state index in [1.54, 1.807) is 4.98 Å². The molecule has 5 heteroatoms. The first-order chi connectivity index (χ1) is 4.61. The van der Waals surface area contributed by atoms with E-state index in [1.165, 1.54) is 0 Å². The molecule has 0 saturated heterocycles. The predicted molar refractivity (Wildman–Crippen MR) is 31.5 cm³/mol. The number of pyridine rings is 1. The molecule has 0 amide bonds. The van der Waals surface area contributed by atoms with Crippen molar-refractivity contribution in [2.45, 2.75) is 0 Å². The van der Waals surface area contributed by atoms with Gasteiger partial charge in [0.05, 0.1) is 0 Å². The van der Waals surface area contributed by atoms with E-state index in [2.05, 4.69) is 12.2 Å². The van der Waals surface area contributed by atoms with Crippen molar-refractivity contribution in [1.82, 2.24) is 4.98 Å². The Kier molecular flexibility index (Phi) is 1.76. The summed E-state index contributed by atoms with van der Waals surface area (Å²) in [5.74, 6) is -3.48. The normalized spacial score (nSPS) is 9.90. The molecule has 0 aromatic carbocycles. The molecule has 0 saturated carbocycles. The summed E-state index contributed by atoms with van der Waals surface area (Å²) in [7, 11) is 0. The van der Waals surface area contributed by atoms with E-state index in [-0.39, 0.29) is 0 Å². The Morgan fingerprint density at radius 3 is 2.30 bits per heavy atom. The van der Waals surface area contributed by atoms with E-state index < -0.39 is 22.2 Å². The van der Waals surface area contributed by atoms with Crippen LogP contribution in [0.15, 0.2) is 6.07 Å². The maximum Gasteiger partial charge on any atom is 0.228 e. The molecule has 0 bridgehead atoms. The highest BCUT2D eigenvalue weighted by Crippen LogP contribution is 2.04. The van der Waals surface area contributed by atoms with Crippen LogP contribution in [0.4, 0.5) is 13.2 Å². The Morgan fingerprint density at radius 1 is 1.20 bits per heavy atom. The van der Waals surface area contributed by atoms with Gasteiger partial charge in [-0.05, 0) is 0 Å².